The molecule has 0 fully saturated rings. The molecule has 0 spiro atoms. The molecule has 128 valence electrons. The van der Waals surface area contributed by atoms with E-state index in [1.54, 1.807) is 6.20 Å². The molecule has 0 aliphatic carbocycles. The van der Waals surface area contributed by atoms with Crippen LogP contribution in [0.3, 0.4) is 0 Å². The van der Waals surface area contributed by atoms with Crippen LogP contribution in [0, 0.1) is 5.82 Å². The third-order valence-electron chi connectivity index (χ3n) is 3.87. The molecule has 0 unspecified atom stereocenters. The molecule has 3 aromatic rings. The summed E-state index contributed by atoms with van der Waals surface area (Å²) in [5.74, 6) is -2.33. The standard InChI is InChI=1S/C18H14ClFN2O3/c1-22-9-12(11-4-2-3-5-16(11)22)18(25)21-15-8-14(20)10(6-13(15)19)7-17(23)24/h2-6,8-9H,7H2,1H3,(H,21,25)(H,23,24). The number of carboxylic acid groups (broad SMARTS) is 1. The van der Waals surface area contributed by atoms with E-state index in [-0.39, 0.29) is 16.3 Å². The number of nitrogens with one attached hydrogen (secondary N) is 1. The first kappa shape index (κ1) is 17.0. The van der Waals surface area contributed by atoms with Crippen LogP contribution in [0.15, 0.2) is 42.6 Å². The predicted octanol–water partition coefficient (Wildman–Crippen LogP) is 3.85. The average Bonchev–Trinajstić information content (AvgIpc) is 2.89. The Morgan fingerprint density at radius 2 is 2.00 bits per heavy atom. The van der Waals surface area contributed by atoms with Crippen molar-refractivity contribution in [2.75, 3.05) is 5.32 Å². The lowest BCUT2D eigenvalue weighted by molar-refractivity contribution is -0.136. The van der Waals surface area contributed by atoms with E-state index >= 15 is 0 Å². The van der Waals surface area contributed by atoms with Gasteiger partial charge in [-0.3, -0.25) is 9.59 Å². The second-order valence-corrected chi connectivity index (χ2v) is 6.03. The molecule has 0 radical (unpaired) electrons. The lowest BCUT2D eigenvalue weighted by Gasteiger charge is -2.09. The second-order valence-electron chi connectivity index (χ2n) is 5.62. The van der Waals surface area contributed by atoms with E-state index in [2.05, 4.69) is 5.32 Å². The molecule has 0 saturated carbocycles. The number of aromatic nitrogens is 1. The minimum atomic E-state index is -1.16. The summed E-state index contributed by atoms with van der Waals surface area (Å²) in [6.45, 7) is 0. The van der Waals surface area contributed by atoms with E-state index in [1.807, 2.05) is 35.9 Å². The Balaban J connectivity index is 1.93. The van der Waals surface area contributed by atoms with Gasteiger partial charge in [0.2, 0.25) is 0 Å². The van der Waals surface area contributed by atoms with Gasteiger partial charge in [0.1, 0.15) is 5.82 Å². The lowest BCUT2D eigenvalue weighted by Crippen LogP contribution is -2.13. The van der Waals surface area contributed by atoms with E-state index < -0.39 is 24.1 Å². The third-order valence-corrected chi connectivity index (χ3v) is 4.18. The van der Waals surface area contributed by atoms with Gasteiger partial charge >= 0.3 is 5.97 Å². The summed E-state index contributed by atoms with van der Waals surface area (Å²) in [5, 5.41) is 12.2. The molecule has 0 aliphatic heterocycles. The molecule has 1 heterocycles. The number of aliphatic carboxylic acids is 1. The highest BCUT2D eigenvalue weighted by Gasteiger charge is 2.17. The quantitative estimate of drug-likeness (QED) is 0.742. The van der Waals surface area contributed by atoms with Crippen LogP contribution >= 0.6 is 11.6 Å². The first-order valence-corrected chi connectivity index (χ1v) is 7.79. The molecule has 3 rings (SSSR count). The van der Waals surface area contributed by atoms with Gasteiger partial charge in [-0.1, -0.05) is 29.8 Å². The number of nitrogens with zero attached hydrogens (tertiary/aromatic N) is 1. The van der Waals surface area contributed by atoms with E-state index in [1.165, 1.54) is 6.07 Å². The molecule has 5 nitrogen and oxygen atoms in total. The Kier molecular flexibility index (Phi) is 4.46. The highest BCUT2D eigenvalue weighted by atomic mass is 35.5. The fourth-order valence-corrected chi connectivity index (χ4v) is 2.93. The van der Waals surface area contributed by atoms with Crippen molar-refractivity contribution in [3.8, 4) is 0 Å². The van der Waals surface area contributed by atoms with Crippen molar-refractivity contribution in [2.45, 2.75) is 6.42 Å². The monoisotopic (exact) mass is 360 g/mol. The third kappa shape index (κ3) is 3.34. The molecule has 1 amide bonds. The van der Waals surface area contributed by atoms with Crippen LogP contribution in [0.1, 0.15) is 15.9 Å². The fourth-order valence-electron chi connectivity index (χ4n) is 2.69. The van der Waals surface area contributed by atoms with E-state index in [0.29, 0.717) is 5.56 Å². The van der Waals surface area contributed by atoms with Crippen LogP contribution in [-0.4, -0.2) is 21.6 Å². The smallest absolute Gasteiger partial charge is 0.307 e. The van der Waals surface area contributed by atoms with E-state index in [4.69, 9.17) is 16.7 Å². The minimum absolute atomic E-state index is 0.0411. The van der Waals surface area contributed by atoms with Crippen molar-refractivity contribution in [1.29, 1.82) is 0 Å². The van der Waals surface area contributed by atoms with Gasteiger partial charge in [-0.2, -0.15) is 0 Å². The van der Waals surface area contributed by atoms with Crippen LogP contribution < -0.4 is 5.32 Å². The molecule has 1 aromatic heterocycles. The number of para-hydroxylation sites is 1. The summed E-state index contributed by atoms with van der Waals surface area (Å²) in [4.78, 5) is 23.3. The highest BCUT2D eigenvalue weighted by molar-refractivity contribution is 6.34. The maximum Gasteiger partial charge on any atom is 0.307 e. The van der Waals surface area contributed by atoms with Crippen molar-refractivity contribution in [1.82, 2.24) is 4.57 Å². The molecule has 2 aromatic carbocycles. The van der Waals surface area contributed by atoms with Crippen molar-refractivity contribution in [2.24, 2.45) is 7.05 Å². The molecule has 0 saturated heterocycles. The largest absolute Gasteiger partial charge is 0.481 e. The van der Waals surface area contributed by atoms with E-state index in [9.17, 15) is 14.0 Å². The van der Waals surface area contributed by atoms with Crippen molar-refractivity contribution >= 4 is 40.1 Å². The first-order chi connectivity index (χ1) is 11.9. The number of hydrogen-bond donors (Lipinski definition) is 2. The van der Waals surface area contributed by atoms with Crippen LogP contribution in [0.5, 0.6) is 0 Å². The number of aryl methyl sites for hydroxylation is 1. The normalized spacial score (nSPS) is 10.8. The summed E-state index contributed by atoms with van der Waals surface area (Å²) in [5.41, 5.74) is 1.37. The van der Waals surface area contributed by atoms with Crippen LogP contribution in [0.2, 0.25) is 5.02 Å². The Labute approximate surface area is 147 Å². The number of carbonyl (C=O) groups excluding carboxylic acids is 1. The number of benzene rings is 2. The number of rotatable bonds is 4. The zero-order valence-electron chi connectivity index (χ0n) is 13.2. The fraction of sp³-hybridized carbons (Fsp3) is 0.111. The summed E-state index contributed by atoms with van der Waals surface area (Å²) in [7, 11) is 1.83. The Morgan fingerprint density at radius 3 is 2.72 bits per heavy atom. The Bertz CT molecular complexity index is 997. The second kappa shape index (κ2) is 6.57. The highest BCUT2D eigenvalue weighted by Crippen LogP contribution is 2.28. The molecule has 2 N–H and O–H groups in total. The van der Waals surface area contributed by atoms with Gasteiger partial charge in [0, 0.05) is 29.7 Å². The van der Waals surface area contributed by atoms with Crippen LogP contribution in [0.4, 0.5) is 10.1 Å². The molecule has 0 bridgehead atoms. The number of hydrogen-bond acceptors (Lipinski definition) is 2. The number of carboxylic acids is 1. The summed E-state index contributed by atoms with van der Waals surface area (Å²) < 4.78 is 15.8. The van der Waals surface area contributed by atoms with Gasteiger partial charge in [-0.15, -0.1) is 0 Å². The maximum absolute atomic E-state index is 14.0. The number of anilines is 1. The molecule has 0 aliphatic rings. The summed E-state index contributed by atoms with van der Waals surface area (Å²) >= 11 is 6.06. The molecular formula is C18H14ClFN2O3. The van der Waals surface area contributed by atoms with Crippen molar-refractivity contribution < 1.29 is 19.1 Å². The number of fused-ring (bicyclic) bond motifs is 1. The molecule has 0 atom stereocenters. The minimum Gasteiger partial charge on any atom is -0.481 e. The average molecular weight is 361 g/mol. The summed E-state index contributed by atoms with van der Waals surface area (Å²) in [6, 6.07) is 9.65. The molecule has 25 heavy (non-hydrogen) atoms. The lowest BCUT2D eigenvalue weighted by atomic mass is 10.1. The van der Waals surface area contributed by atoms with Gasteiger partial charge < -0.3 is 15.0 Å². The van der Waals surface area contributed by atoms with Gasteiger partial charge in [-0.25, -0.2) is 4.39 Å². The van der Waals surface area contributed by atoms with Gasteiger partial charge in [0.25, 0.3) is 5.91 Å². The van der Waals surface area contributed by atoms with Gasteiger partial charge in [0.15, 0.2) is 0 Å². The van der Waals surface area contributed by atoms with Gasteiger partial charge in [-0.05, 0) is 18.2 Å². The Morgan fingerprint density at radius 1 is 1.28 bits per heavy atom. The molecular weight excluding hydrogens is 347 g/mol. The number of halogens is 2. The van der Waals surface area contributed by atoms with Gasteiger partial charge in [0.05, 0.1) is 22.7 Å². The zero-order chi connectivity index (χ0) is 18.1. The van der Waals surface area contributed by atoms with Crippen LogP contribution in [0.25, 0.3) is 10.9 Å². The first-order valence-electron chi connectivity index (χ1n) is 7.42. The topological polar surface area (TPSA) is 71.3 Å². The number of carbonyl (C=O) groups is 2. The van der Waals surface area contributed by atoms with Crippen LogP contribution in [-0.2, 0) is 18.3 Å². The molecule has 7 heteroatoms. The zero-order valence-corrected chi connectivity index (χ0v) is 14.0. The Hall–Kier alpha value is -2.86. The number of amides is 1. The van der Waals surface area contributed by atoms with Crippen molar-refractivity contribution in [3.63, 3.8) is 0 Å². The SMILES string of the molecule is Cn1cc(C(=O)Nc2cc(F)c(CC(=O)O)cc2Cl)c2ccccc21. The van der Waals surface area contributed by atoms with Crippen molar-refractivity contribution in [3.05, 3.63) is 64.6 Å². The van der Waals surface area contributed by atoms with E-state index in [0.717, 1.165) is 17.0 Å². The maximum atomic E-state index is 14.0. The summed E-state index contributed by atoms with van der Waals surface area (Å²) in [6.07, 6.45) is 1.20. The predicted molar refractivity (Wildman–Crippen MR) is 93.6 cm³/mol.